The highest BCUT2D eigenvalue weighted by Crippen LogP contribution is 2.15. The maximum atomic E-state index is 10.8. The number of hydrogen-bond acceptors (Lipinski definition) is 4. The van der Waals surface area contributed by atoms with Crippen molar-refractivity contribution in [2.45, 2.75) is 20.5 Å². The number of hydrogen-bond donors (Lipinski definition) is 1. The van der Waals surface area contributed by atoms with Gasteiger partial charge >= 0.3 is 0 Å². The summed E-state index contributed by atoms with van der Waals surface area (Å²) in [5.41, 5.74) is 2.83. The van der Waals surface area contributed by atoms with Gasteiger partial charge in [0.1, 0.15) is 12.4 Å². The normalized spacial score (nSPS) is 9.62. The molecule has 0 radical (unpaired) electrons. The van der Waals surface area contributed by atoms with Gasteiger partial charge in [-0.25, -0.2) is 0 Å². The number of ether oxygens (including phenoxy) is 1. The zero-order valence-electron chi connectivity index (χ0n) is 9.45. The van der Waals surface area contributed by atoms with Crippen LogP contribution in [0.5, 0.6) is 0 Å². The van der Waals surface area contributed by atoms with Gasteiger partial charge in [0, 0.05) is 5.69 Å². The molecule has 4 nitrogen and oxygen atoms in total. The molecule has 1 aromatic carbocycles. The molecule has 0 bridgehead atoms. The van der Waals surface area contributed by atoms with Crippen molar-refractivity contribution in [1.29, 1.82) is 0 Å². The highest BCUT2D eigenvalue weighted by molar-refractivity contribution is 5.80. The number of benzene rings is 1. The van der Waals surface area contributed by atoms with Crippen LogP contribution in [0.2, 0.25) is 0 Å². The van der Waals surface area contributed by atoms with Gasteiger partial charge in [-0.2, -0.15) is 0 Å². The third-order valence-corrected chi connectivity index (χ3v) is 2.20. The summed E-state index contributed by atoms with van der Waals surface area (Å²) in [6, 6.07) is 5.69. The molecule has 0 spiro atoms. The monoisotopic (exact) mass is 221 g/mol. The molecule has 0 aromatic heterocycles. The van der Waals surface area contributed by atoms with Crippen LogP contribution in [0.1, 0.15) is 18.1 Å². The minimum Gasteiger partial charge on any atom is -0.463 e. The Hall–Kier alpha value is -1.84. The van der Waals surface area contributed by atoms with E-state index in [9.17, 15) is 9.59 Å². The Morgan fingerprint density at radius 3 is 2.88 bits per heavy atom. The van der Waals surface area contributed by atoms with Crippen LogP contribution in [0.15, 0.2) is 18.2 Å². The van der Waals surface area contributed by atoms with Crippen molar-refractivity contribution in [3.05, 3.63) is 29.3 Å². The fourth-order valence-electron chi connectivity index (χ4n) is 1.29. The van der Waals surface area contributed by atoms with Crippen LogP contribution in [0, 0.1) is 6.92 Å². The van der Waals surface area contributed by atoms with Gasteiger partial charge in [0.2, 0.25) is 0 Å². The van der Waals surface area contributed by atoms with Crippen molar-refractivity contribution < 1.29 is 14.3 Å². The van der Waals surface area contributed by atoms with Crippen LogP contribution in [0.3, 0.4) is 0 Å². The molecule has 4 heteroatoms. The average molecular weight is 221 g/mol. The largest absolute Gasteiger partial charge is 0.463 e. The standard InChI is InChI=1S/C12H15NO3/c1-9-3-4-12(13-6-10(2)15)5-11(9)7-16-8-14/h3-5,8,13H,6-7H2,1-2H3. The van der Waals surface area contributed by atoms with E-state index in [4.69, 9.17) is 4.74 Å². The van der Waals surface area contributed by atoms with Gasteiger partial charge < -0.3 is 10.1 Å². The topological polar surface area (TPSA) is 55.4 Å². The number of aryl methyl sites for hydroxylation is 1. The van der Waals surface area contributed by atoms with Crippen LogP contribution < -0.4 is 5.32 Å². The van der Waals surface area contributed by atoms with Gasteiger partial charge in [-0.15, -0.1) is 0 Å². The van der Waals surface area contributed by atoms with Crippen LogP contribution in [-0.2, 0) is 20.9 Å². The number of anilines is 1. The minimum atomic E-state index is 0.0752. The molecule has 86 valence electrons. The first-order chi connectivity index (χ1) is 7.63. The second-order valence-electron chi connectivity index (χ2n) is 3.60. The Morgan fingerprint density at radius 2 is 2.25 bits per heavy atom. The Labute approximate surface area is 94.6 Å². The fraction of sp³-hybridized carbons (Fsp3) is 0.333. The Morgan fingerprint density at radius 1 is 1.50 bits per heavy atom. The quantitative estimate of drug-likeness (QED) is 0.742. The van der Waals surface area contributed by atoms with Crippen molar-refractivity contribution in [2.75, 3.05) is 11.9 Å². The molecule has 0 aliphatic heterocycles. The third-order valence-electron chi connectivity index (χ3n) is 2.20. The number of nitrogens with one attached hydrogen (secondary N) is 1. The van der Waals surface area contributed by atoms with Gasteiger partial charge in [-0.1, -0.05) is 6.07 Å². The number of carbonyl (C=O) groups excluding carboxylic acids is 2. The van der Waals surface area contributed by atoms with E-state index >= 15 is 0 Å². The zero-order chi connectivity index (χ0) is 12.0. The molecule has 1 N–H and O–H groups in total. The van der Waals surface area contributed by atoms with Crippen LogP contribution in [0.4, 0.5) is 5.69 Å². The Balaban J connectivity index is 2.72. The third kappa shape index (κ3) is 3.73. The van der Waals surface area contributed by atoms with Gasteiger partial charge in [0.25, 0.3) is 6.47 Å². The summed E-state index contributed by atoms with van der Waals surface area (Å²) >= 11 is 0. The van der Waals surface area contributed by atoms with Gasteiger partial charge in [-0.05, 0) is 37.1 Å². The van der Waals surface area contributed by atoms with Crippen molar-refractivity contribution in [3.8, 4) is 0 Å². The Bertz CT molecular complexity index is 388. The molecule has 0 amide bonds. The maximum Gasteiger partial charge on any atom is 0.293 e. The van der Waals surface area contributed by atoms with Gasteiger partial charge in [0.15, 0.2) is 0 Å². The molecular weight excluding hydrogens is 206 g/mol. The van der Waals surface area contributed by atoms with E-state index in [0.717, 1.165) is 16.8 Å². The first kappa shape index (κ1) is 12.2. The first-order valence-electron chi connectivity index (χ1n) is 5.01. The molecule has 0 saturated heterocycles. The molecular formula is C12H15NO3. The molecule has 0 saturated carbocycles. The maximum absolute atomic E-state index is 10.8. The van der Waals surface area contributed by atoms with Crippen LogP contribution in [-0.4, -0.2) is 18.8 Å². The molecule has 0 unspecified atom stereocenters. The smallest absolute Gasteiger partial charge is 0.293 e. The minimum absolute atomic E-state index is 0.0752. The molecule has 1 aromatic rings. The number of ketones is 1. The number of Topliss-reactive ketones (excluding diaryl/α,β-unsaturated/α-hetero) is 1. The summed E-state index contributed by atoms with van der Waals surface area (Å²) in [5.74, 6) is 0.0752. The molecule has 0 heterocycles. The van der Waals surface area contributed by atoms with Crippen LogP contribution >= 0.6 is 0 Å². The molecule has 0 atom stereocenters. The van der Waals surface area contributed by atoms with Gasteiger partial charge in [-0.3, -0.25) is 9.59 Å². The van der Waals surface area contributed by atoms with E-state index in [-0.39, 0.29) is 12.4 Å². The highest BCUT2D eigenvalue weighted by Gasteiger charge is 2.01. The predicted molar refractivity (Wildman–Crippen MR) is 61.2 cm³/mol. The van der Waals surface area contributed by atoms with Crippen molar-refractivity contribution in [2.24, 2.45) is 0 Å². The second-order valence-corrected chi connectivity index (χ2v) is 3.60. The highest BCUT2D eigenvalue weighted by atomic mass is 16.5. The second kappa shape index (κ2) is 5.90. The summed E-state index contributed by atoms with van der Waals surface area (Å²) in [7, 11) is 0. The van der Waals surface area contributed by atoms with Crippen molar-refractivity contribution >= 4 is 17.9 Å². The average Bonchev–Trinajstić information content (AvgIpc) is 2.26. The SMILES string of the molecule is CC(=O)CNc1ccc(C)c(COC=O)c1. The summed E-state index contributed by atoms with van der Waals surface area (Å²) in [6.45, 7) is 4.45. The lowest BCUT2D eigenvalue weighted by atomic mass is 10.1. The lowest BCUT2D eigenvalue weighted by Gasteiger charge is -2.09. The van der Waals surface area contributed by atoms with E-state index in [1.54, 1.807) is 0 Å². The van der Waals surface area contributed by atoms with E-state index < -0.39 is 0 Å². The lowest BCUT2D eigenvalue weighted by Crippen LogP contribution is -2.10. The van der Waals surface area contributed by atoms with E-state index in [2.05, 4.69) is 5.32 Å². The fourth-order valence-corrected chi connectivity index (χ4v) is 1.29. The molecule has 1 rings (SSSR count). The zero-order valence-corrected chi connectivity index (χ0v) is 9.45. The van der Waals surface area contributed by atoms with Crippen molar-refractivity contribution in [1.82, 2.24) is 0 Å². The van der Waals surface area contributed by atoms with Crippen molar-refractivity contribution in [3.63, 3.8) is 0 Å². The summed E-state index contributed by atoms with van der Waals surface area (Å²) in [5, 5.41) is 2.99. The summed E-state index contributed by atoms with van der Waals surface area (Å²) < 4.78 is 4.71. The summed E-state index contributed by atoms with van der Waals surface area (Å²) in [4.78, 5) is 20.9. The molecule has 0 aliphatic rings. The molecule has 0 fully saturated rings. The number of rotatable bonds is 6. The first-order valence-corrected chi connectivity index (χ1v) is 5.01. The van der Waals surface area contributed by atoms with E-state index in [0.29, 0.717) is 13.0 Å². The lowest BCUT2D eigenvalue weighted by molar-refractivity contribution is -0.129. The number of carbonyl (C=O) groups is 2. The predicted octanol–water partition coefficient (Wildman–Crippen LogP) is 1.67. The van der Waals surface area contributed by atoms with Gasteiger partial charge in [0.05, 0.1) is 6.54 Å². The van der Waals surface area contributed by atoms with Crippen LogP contribution in [0.25, 0.3) is 0 Å². The Kier molecular flexibility index (Phi) is 4.51. The summed E-state index contributed by atoms with van der Waals surface area (Å²) in [6.07, 6.45) is 0. The van der Waals surface area contributed by atoms with E-state index in [1.807, 2.05) is 25.1 Å². The molecule has 16 heavy (non-hydrogen) atoms. The van der Waals surface area contributed by atoms with E-state index in [1.165, 1.54) is 6.92 Å². The molecule has 0 aliphatic carbocycles.